The van der Waals surface area contributed by atoms with Gasteiger partial charge >= 0.3 is 230 Å². The minimum atomic E-state index is -2.74. The molecule has 0 saturated heterocycles. The van der Waals surface area contributed by atoms with Gasteiger partial charge in [0, 0.05) is 0 Å². The van der Waals surface area contributed by atoms with Gasteiger partial charge in [-0.05, 0) is 0 Å². The molecule has 6 rings (SSSR count). The Hall–Kier alpha value is -1.96. The fraction of sp³-hybridized carbons (Fsp3) is 0.243. The van der Waals surface area contributed by atoms with Crippen molar-refractivity contribution in [2.45, 2.75) is 52.4 Å². The summed E-state index contributed by atoms with van der Waals surface area (Å²) >= 11 is -2.74. The summed E-state index contributed by atoms with van der Waals surface area (Å²) in [5, 5.41) is 0. The topological polar surface area (TPSA) is 0 Å². The predicted octanol–water partition coefficient (Wildman–Crippen LogP) is 10.8. The zero-order valence-corrected chi connectivity index (χ0v) is 31.4. The third-order valence-corrected chi connectivity index (χ3v) is 26.3. The molecule has 0 radical (unpaired) electrons. The first-order valence-electron chi connectivity index (χ1n) is 14.8. The largest absolute Gasteiger partial charge is 0.147 e. The molecule has 0 bridgehead atoms. The Morgan fingerprint density at radius 3 is 1.27 bits per heavy atom. The molecular formula is C37H44Cl2SiZr. The van der Waals surface area contributed by atoms with Gasteiger partial charge in [0.1, 0.15) is 0 Å². The molecular weight excluding hydrogens is 635 g/mol. The minimum absolute atomic E-state index is 0. The third kappa shape index (κ3) is 6.09. The molecule has 4 aromatic carbocycles. The molecule has 214 valence electrons. The number of hydrogen-bond donors (Lipinski definition) is 0. The molecule has 0 heterocycles. The standard InChI is InChI=1S/2C17H15.C2H6.CH3.2ClH.H3Si.Zr/c2*1-2-13-11-15-9-6-10-16(17(15)12-13)14-7-4-3-5-8-14;1-2;;;;;/h2*3-12H,2H2,1H3;1-2H3;1H3;2*1H;1H3;. The van der Waals surface area contributed by atoms with Gasteiger partial charge in [-0.2, -0.15) is 0 Å². The molecule has 4 heteroatoms. The smallest absolute Gasteiger partial charge is 0.147 e. The van der Waals surface area contributed by atoms with Gasteiger partial charge < -0.3 is 0 Å². The predicted molar refractivity (Wildman–Crippen MR) is 187 cm³/mol. The maximum atomic E-state index is 2.79. The molecule has 0 saturated carbocycles. The summed E-state index contributed by atoms with van der Waals surface area (Å²) in [4.78, 5) is 0. The van der Waals surface area contributed by atoms with Crippen molar-refractivity contribution in [3.63, 3.8) is 0 Å². The second-order valence-corrected chi connectivity index (χ2v) is 35.7. The first-order chi connectivity index (χ1) is 19.0. The summed E-state index contributed by atoms with van der Waals surface area (Å²) in [6, 6.07) is 36.2. The number of fused-ring (bicyclic) bond motifs is 2. The van der Waals surface area contributed by atoms with Gasteiger partial charge in [0.2, 0.25) is 0 Å². The molecule has 0 N–H and O–H groups in total. The van der Waals surface area contributed by atoms with E-state index >= 15 is 0 Å². The van der Waals surface area contributed by atoms with E-state index < -0.39 is 19.4 Å². The van der Waals surface area contributed by atoms with E-state index in [1.807, 2.05) is 13.8 Å². The van der Waals surface area contributed by atoms with Crippen molar-refractivity contribution in [3.05, 3.63) is 130 Å². The van der Waals surface area contributed by atoms with Crippen LogP contribution in [0.15, 0.2) is 108 Å². The van der Waals surface area contributed by atoms with Crippen molar-refractivity contribution in [1.82, 2.24) is 0 Å². The van der Waals surface area contributed by atoms with E-state index in [9.17, 15) is 0 Å². The summed E-state index contributed by atoms with van der Waals surface area (Å²) in [5.41, 5.74) is 15.1. The van der Waals surface area contributed by atoms with Gasteiger partial charge in [-0.1, -0.05) is 13.8 Å². The Morgan fingerprint density at radius 2 is 0.927 bits per heavy atom. The normalized spacial score (nSPS) is 17.9. The molecule has 2 unspecified atom stereocenters. The Bertz CT molecular complexity index is 1410. The van der Waals surface area contributed by atoms with Crippen molar-refractivity contribution in [3.8, 4) is 22.3 Å². The van der Waals surface area contributed by atoms with Gasteiger partial charge in [0.05, 0.1) is 0 Å². The molecule has 0 aromatic heterocycles. The van der Waals surface area contributed by atoms with Crippen LogP contribution in [-0.2, 0) is 19.4 Å². The Morgan fingerprint density at radius 1 is 0.561 bits per heavy atom. The SMILES string of the molecule is CC.CCC1=Cc2c(-c3ccccc3)cccc2[CH]1[Zr]([CH3])([SiH3])[CH]1C(CC)=Cc2c(-c3ccccc3)cccc21.Cl.Cl. The van der Waals surface area contributed by atoms with Crippen LogP contribution in [0.2, 0.25) is 4.63 Å². The zero-order chi connectivity index (χ0) is 27.6. The molecule has 0 aliphatic heterocycles. The molecule has 2 aliphatic carbocycles. The maximum Gasteiger partial charge on any atom is -0.147 e. The Kier molecular flexibility index (Phi) is 11.8. The van der Waals surface area contributed by atoms with E-state index in [2.05, 4.69) is 128 Å². The van der Waals surface area contributed by atoms with Crippen LogP contribution >= 0.6 is 24.8 Å². The zero-order valence-electron chi connectivity index (χ0n) is 25.3. The maximum absolute atomic E-state index is 2.79. The number of allylic oxidation sites excluding steroid dienone is 2. The van der Waals surface area contributed by atoms with Gasteiger partial charge in [-0.3, -0.25) is 0 Å². The van der Waals surface area contributed by atoms with Crippen LogP contribution in [0.5, 0.6) is 0 Å². The van der Waals surface area contributed by atoms with E-state index in [1.165, 1.54) is 40.7 Å². The minimum Gasteiger partial charge on any atom is -0.147 e. The molecule has 0 fully saturated rings. The van der Waals surface area contributed by atoms with Gasteiger partial charge in [0.25, 0.3) is 0 Å². The van der Waals surface area contributed by atoms with Crippen LogP contribution in [-0.4, -0.2) is 7.37 Å². The summed E-state index contributed by atoms with van der Waals surface area (Å²) < 4.78 is 4.12. The molecule has 0 nitrogen and oxygen atoms in total. The fourth-order valence-corrected chi connectivity index (χ4v) is 27.4. The summed E-state index contributed by atoms with van der Waals surface area (Å²) in [6.07, 6.45) is 7.47. The van der Waals surface area contributed by atoms with Gasteiger partial charge in [0.15, 0.2) is 0 Å². The van der Waals surface area contributed by atoms with Crippen LogP contribution in [0.25, 0.3) is 34.4 Å². The first kappa shape index (κ1) is 33.5. The van der Waals surface area contributed by atoms with E-state index in [4.69, 9.17) is 0 Å². The van der Waals surface area contributed by atoms with Gasteiger partial charge in [-0.15, -0.1) is 24.8 Å². The summed E-state index contributed by atoms with van der Waals surface area (Å²) in [6.45, 7) is 8.76. The molecule has 4 aromatic rings. The summed E-state index contributed by atoms with van der Waals surface area (Å²) in [7, 11) is 1.32. The van der Waals surface area contributed by atoms with Crippen molar-refractivity contribution in [1.29, 1.82) is 0 Å². The molecule has 0 spiro atoms. The van der Waals surface area contributed by atoms with Gasteiger partial charge in [-0.25, -0.2) is 0 Å². The molecule has 2 atom stereocenters. The van der Waals surface area contributed by atoms with Crippen LogP contribution in [0.4, 0.5) is 0 Å². The quantitative estimate of drug-likeness (QED) is 0.178. The number of halogens is 2. The Labute approximate surface area is 267 Å². The van der Waals surface area contributed by atoms with Crippen molar-refractivity contribution >= 4 is 44.3 Å². The van der Waals surface area contributed by atoms with Crippen LogP contribution in [0.3, 0.4) is 0 Å². The van der Waals surface area contributed by atoms with E-state index in [0.29, 0.717) is 7.25 Å². The molecule has 0 amide bonds. The van der Waals surface area contributed by atoms with Crippen molar-refractivity contribution in [2.75, 3.05) is 0 Å². The average molecular weight is 679 g/mol. The van der Waals surface area contributed by atoms with Crippen LogP contribution < -0.4 is 0 Å². The van der Waals surface area contributed by atoms with Crippen molar-refractivity contribution < 1.29 is 19.4 Å². The van der Waals surface area contributed by atoms with Crippen LogP contribution in [0, 0.1) is 0 Å². The van der Waals surface area contributed by atoms with E-state index in [-0.39, 0.29) is 24.8 Å². The monoisotopic (exact) mass is 676 g/mol. The number of benzene rings is 4. The second kappa shape index (κ2) is 14.5. The number of rotatable bonds is 6. The number of hydrogen-bond acceptors (Lipinski definition) is 0. The molecule has 2 aliphatic rings. The Balaban J connectivity index is 0.00000113. The summed E-state index contributed by atoms with van der Waals surface area (Å²) in [5.74, 6) is 0. The van der Waals surface area contributed by atoms with E-state index in [1.54, 1.807) is 22.3 Å². The second-order valence-electron chi connectivity index (χ2n) is 11.2. The van der Waals surface area contributed by atoms with Crippen LogP contribution in [0.1, 0.15) is 70.0 Å². The van der Waals surface area contributed by atoms with E-state index in [0.717, 1.165) is 12.8 Å². The third-order valence-electron chi connectivity index (χ3n) is 8.78. The molecule has 41 heavy (non-hydrogen) atoms. The first-order valence-corrected chi connectivity index (χ1v) is 28.5. The average Bonchev–Trinajstić information content (AvgIpc) is 3.58. The fourth-order valence-electron chi connectivity index (χ4n) is 7.20. The van der Waals surface area contributed by atoms with Crippen molar-refractivity contribution in [2.24, 2.45) is 0 Å².